The Labute approximate surface area is 162 Å². The molecular formula is C22H28BNO3. The van der Waals surface area contributed by atoms with Crippen molar-refractivity contribution in [1.29, 1.82) is 0 Å². The minimum atomic E-state index is -0.944. The Bertz CT molecular complexity index is 785. The Balaban J connectivity index is 1.85. The molecule has 5 heteroatoms. The highest BCUT2D eigenvalue weighted by atomic mass is 16.6. The summed E-state index contributed by atoms with van der Waals surface area (Å²) in [5.74, 6) is 0. The zero-order chi connectivity index (χ0) is 19.7. The lowest BCUT2D eigenvalue weighted by Gasteiger charge is -2.45. The van der Waals surface area contributed by atoms with E-state index < -0.39 is 11.2 Å². The van der Waals surface area contributed by atoms with Crippen LogP contribution in [0.25, 0.3) is 0 Å². The number of hydrogen-bond donors (Lipinski definition) is 1. The average molecular weight is 365 g/mol. The molecule has 1 aliphatic rings. The molecule has 0 saturated carbocycles. The Morgan fingerprint density at radius 1 is 1.19 bits per heavy atom. The van der Waals surface area contributed by atoms with E-state index >= 15 is 0 Å². The topological polar surface area (TPSA) is 49.8 Å². The molecule has 2 aromatic carbocycles. The van der Waals surface area contributed by atoms with Crippen LogP contribution in [0, 0.1) is 0 Å². The maximum absolute atomic E-state index is 13.0. The maximum atomic E-state index is 13.0. The second-order valence-electron chi connectivity index (χ2n) is 8.25. The lowest BCUT2D eigenvalue weighted by Crippen LogP contribution is -2.51. The number of amides is 1. The number of rotatable bonds is 5. The lowest BCUT2D eigenvalue weighted by atomic mass is 9.80. The van der Waals surface area contributed by atoms with Gasteiger partial charge in [0.1, 0.15) is 13.4 Å². The van der Waals surface area contributed by atoms with Gasteiger partial charge in [0.25, 0.3) is 0 Å². The first-order valence-corrected chi connectivity index (χ1v) is 9.54. The van der Waals surface area contributed by atoms with E-state index in [1.807, 2.05) is 37.3 Å². The number of hydrogen-bond acceptors (Lipinski definition) is 3. The molecule has 2 atom stereocenters. The van der Waals surface area contributed by atoms with Gasteiger partial charge < -0.3 is 14.7 Å². The highest BCUT2D eigenvalue weighted by molar-refractivity contribution is 6.32. The van der Waals surface area contributed by atoms with E-state index in [0.717, 1.165) is 11.1 Å². The van der Waals surface area contributed by atoms with Gasteiger partial charge in [0.05, 0.1) is 11.6 Å². The summed E-state index contributed by atoms with van der Waals surface area (Å²) in [6, 6.07) is 17.9. The van der Waals surface area contributed by atoms with E-state index in [1.165, 1.54) is 5.46 Å². The highest BCUT2D eigenvalue weighted by Gasteiger charge is 2.46. The molecule has 1 fully saturated rings. The van der Waals surface area contributed by atoms with Gasteiger partial charge in [-0.25, -0.2) is 4.79 Å². The van der Waals surface area contributed by atoms with Gasteiger partial charge >= 0.3 is 6.09 Å². The summed E-state index contributed by atoms with van der Waals surface area (Å²) in [6.45, 7) is 6.12. The fourth-order valence-electron chi connectivity index (χ4n) is 3.92. The van der Waals surface area contributed by atoms with Crippen molar-refractivity contribution in [2.24, 2.45) is 0 Å². The van der Waals surface area contributed by atoms with E-state index in [2.05, 4.69) is 32.1 Å². The molecule has 0 radical (unpaired) electrons. The standard InChI is InChI=1S/C22H28BNO3/c1-16(17-9-11-19(23)12-10-17)24-14-13-22(27-20(24)25,15-21(2,3)26)18-7-5-4-6-8-18/h4-12,16,26H,13-15,23H2,1-3H3/t16-,22-/m0/s1. The Morgan fingerprint density at radius 3 is 2.37 bits per heavy atom. The van der Waals surface area contributed by atoms with E-state index in [1.54, 1.807) is 18.7 Å². The predicted octanol–water partition coefficient (Wildman–Crippen LogP) is 2.90. The largest absolute Gasteiger partial charge is 0.438 e. The minimum Gasteiger partial charge on any atom is -0.438 e. The van der Waals surface area contributed by atoms with Crippen molar-refractivity contribution >= 4 is 19.4 Å². The Kier molecular flexibility index (Phi) is 5.34. The average Bonchev–Trinajstić information content (AvgIpc) is 2.61. The van der Waals surface area contributed by atoms with Gasteiger partial charge in [-0.1, -0.05) is 60.1 Å². The third kappa shape index (κ3) is 4.36. The van der Waals surface area contributed by atoms with E-state index in [-0.39, 0.29) is 12.1 Å². The van der Waals surface area contributed by atoms with Gasteiger partial charge in [-0.15, -0.1) is 0 Å². The van der Waals surface area contributed by atoms with Gasteiger partial charge in [0, 0.05) is 19.4 Å². The lowest BCUT2D eigenvalue weighted by molar-refractivity contribution is -0.101. The van der Waals surface area contributed by atoms with Gasteiger partial charge in [-0.3, -0.25) is 0 Å². The van der Waals surface area contributed by atoms with Gasteiger partial charge in [0.2, 0.25) is 0 Å². The van der Waals surface area contributed by atoms with Crippen LogP contribution in [0.15, 0.2) is 54.6 Å². The first-order valence-electron chi connectivity index (χ1n) is 9.54. The molecule has 0 aromatic heterocycles. The van der Waals surface area contributed by atoms with Crippen molar-refractivity contribution < 1.29 is 14.6 Å². The fourth-order valence-corrected chi connectivity index (χ4v) is 3.92. The zero-order valence-electron chi connectivity index (χ0n) is 16.6. The zero-order valence-corrected chi connectivity index (χ0v) is 16.6. The van der Waals surface area contributed by atoms with Crippen LogP contribution in [0.4, 0.5) is 4.79 Å². The first-order chi connectivity index (χ1) is 12.7. The Morgan fingerprint density at radius 2 is 1.81 bits per heavy atom. The summed E-state index contributed by atoms with van der Waals surface area (Å²) in [6.07, 6.45) is 0.674. The van der Waals surface area contributed by atoms with Gasteiger partial charge in [-0.2, -0.15) is 0 Å². The van der Waals surface area contributed by atoms with Crippen LogP contribution in [-0.4, -0.2) is 36.1 Å². The van der Waals surface area contributed by atoms with Crippen LogP contribution in [-0.2, 0) is 10.3 Å². The van der Waals surface area contributed by atoms with Crippen molar-refractivity contribution in [3.63, 3.8) is 0 Å². The number of aliphatic hydroxyl groups is 1. The number of benzene rings is 2. The van der Waals surface area contributed by atoms with Crippen molar-refractivity contribution in [2.45, 2.75) is 50.9 Å². The SMILES string of the molecule is Bc1ccc([C@H](C)N2CC[C@](CC(C)(C)O)(c3ccccc3)OC2=O)cc1. The molecule has 1 N–H and O–H groups in total. The number of nitrogens with zero attached hydrogens (tertiary/aromatic N) is 1. The molecule has 2 aromatic rings. The summed E-state index contributed by atoms with van der Waals surface area (Å²) >= 11 is 0. The van der Waals surface area contributed by atoms with Gasteiger partial charge in [0.15, 0.2) is 0 Å². The fraction of sp³-hybridized carbons (Fsp3) is 0.409. The molecule has 27 heavy (non-hydrogen) atoms. The van der Waals surface area contributed by atoms with Crippen molar-refractivity contribution in [3.05, 3.63) is 65.7 Å². The monoisotopic (exact) mass is 365 g/mol. The van der Waals surface area contributed by atoms with Crippen LogP contribution < -0.4 is 5.46 Å². The highest BCUT2D eigenvalue weighted by Crippen LogP contribution is 2.42. The quantitative estimate of drug-likeness (QED) is 0.829. The second kappa shape index (κ2) is 7.39. The smallest absolute Gasteiger partial charge is 0.411 e. The normalized spacial score (nSPS) is 21.6. The number of cyclic esters (lactones) is 1. The predicted molar refractivity (Wildman–Crippen MR) is 110 cm³/mol. The molecule has 142 valence electrons. The molecule has 1 amide bonds. The van der Waals surface area contributed by atoms with Crippen LogP contribution in [0.2, 0.25) is 0 Å². The maximum Gasteiger partial charge on any atom is 0.411 e. The van der Waals surface area contributed by atoms with Crippen LogP contribution in [0.5, 0.6) is 0 Å². The summed E-state index contributed by atoms with van der Waals surface area (Å²) in [4.78, 5) is 14.7. The van der Waals surface area contributed by atoms with Gasteiger partial charge in [-0.05, 0) is 31.9 Å². The number of ether oxygens (including phenoxy) is 1. The molecule has 0 bridgehead atoms. The van der Waals surface area contributed by atoms with E-state index in [4.69, 9.17) is 4.74 Å². The molecule has 0 aliphatic carbocycles. The summed E-state index contributed by atoms with van der Waals surface area (Å²) in [5.41, 5.74) is 1.47. The molecule has 4 nitrogen and oxygen atoms in total. The second-order valence-corrected chi connectivity index (χ2v) is 8.25. The molecule has 0 spiro atoms. The number of carbonyl (C=O) groups excluding carboxylic acids is 1. The Hall–Kier alpha value is -2.27. The van der Waals surface area contributed by atoms with E-state index in [0.29, 0.717) is 19.4 Å². The third-order valence-electron chi connectivity index (χ3n) is 5.32. The summed E-state index contributed by atoms with van der Waals surface area (Å²) in [5, 5.41) is 10.5. The minimum absolute atomic E-state index is 0.0611. The number of carbonyl (C=O) groups is 1. The van der Waals surface area contributed by atoms with E-state index in [9.17, 15) is 9.90 Å². The van der Waals surface area contributed by atoms with Crippen molar-refractivity contribution in [3.8, 4) is 0 Å². The summed E-state index contributed by atoms with van der Waals surface area (Å²) < 4.78 is 6.04. The molecular weight excluding hydrogens is 337 g/mol. The van der Waals surface area contributed by atoms with Crippen LogP contribution in [0.1, 0.15) is 50.8 Å². The van der Waals surface area contributed by atoms with Crippen LogP contribution >= 0.6 is 0 Å². The molecule has 3 rings (SSSR count). The molecule has 0 unspecified atom stereocenters. The van der Waals surface area contributed by atoms with Crippen molar-refractivity contribution in [1.82, 2.24) is 4.90 Å². The first kappa shape index (κ1) is 19.5. The summed E-state index contributed by atoms with van der Waals surface area (Å²) in [7, 11) is 2.05. The molecule has 1 saturated heterocycles. The van der Waals surface area contributed by atoms with Crippen LogP contribution in [0.3, 0.4) is 0 Å². The van der Waals surface area contributed by atoms with Crippen molar-refractivity contribution in [2.75, 3.05) is 6.54 Å². The third-order valence-corrected chi connectivity index (χ3v) is 5.32. The molecule has 1 aliphatic heterocycles. The molecule has 1 heterocycles.